The van der Waals surface area contributed by atoms with Crippen molar-refractivity contribution in [3.05, 3.63) is 23.8 Å². The number of allylic oxidation sites excluding steroid dienone is 3. The Balaban J connectivity index is 3.97. The maximum atomic E-state index is 11.4. The molecule has 204 valence electrons. The van der Waals surface area contributed by atoms with Crippen LogP contribution >= 0.6 is 0 Å². The summed E-state index contributed by atoms with van der Waals surface area (Å²) in [6.07, 6.45) is 34.4. The van der Waals surface area contributed by atoms with Crippen molar-refractivity contribution in [3.63, 3.8) is 0 Å². The summed E-state index contributed by atoms with van der Waals surface area (Å²) >= 11 is 0. The van der Waals surface area contributed by atoms with E-state index in [2.05, 4.69) is 32.1 Å². The van der Waals surface area contributed by atoms with Crippen LogP contribution in [0.5, 0.6) is 0 Å². The third kappa shape index (κ3) is 25.5. The summed E-state index contributed by atoms with van der Waals surface area (Å²) in [6, 6.07) is 0. The van der Waals surface area contributed by atoms with Gasteiger partial charge in [-0.05, 0) is 70.6 Å². The van der Waals surface area contributed by atoms with E-state index in [0.29, 0.717) is 0 Å². The van der Waals surface area contributed by atoms with Gasteiger partial charge < -0.3 is 9.53 Å². The van der Waals surface area contributed by atoms with Crippen LogP contribution in [0.1, 0.15) is 162 Å². The molecule has 1 atom stereocenters. The van der Waals surface area contributed by atoms with E-state index in [4.69, 9.17) is 4.74 Å². The molecule has 0 heterocycles. The molecule has 0 aliphatic carbocycles. The van der Waals surface area contributed by atoms with Gasteiger partial charge in [-0.15, -0.1) is 0 Å². The van der Waals surface area contributed by atoms with E-state index in [1.165, 1.54) is 110 Å². The van der Waals surface area contributed by atoms with Crippen molar-refractivity contribution in [2.45, 2.75) is 168 Å². The van der Waals surface area contributed by atoms with Crippen molar-refractivity contribution >= 4 is 12.3 Å². The number of hydrogen-bond donors (Lipinski definition) is 0. The van der Waals surface area contributed by atoms with Crippen molar-refractivity contribution < 1.29 is 14.3 Å². The van der Waals surface area contributed by atoms with Gasteiger partial charge in [0.15, 0.2) is 0 Å². The summed E-state index contributed by atoms with van der Waals surface area (Å²) in [5.41, 5.74) is 1.68. The van der Waals surface area contributed by atoms with E-state index in [1.807, 2.05) is 0 Å². The van der Waals surface area contributed by atoms with Crippen LogP contribution in [0.2, 0.25) is 0 Å². The highest BCUT2D eigenvalue weighted by atomic mass is 16.5. The van der Waals surface area contributed by atoms with Crippen LogP contribution < -0.4 is 0 Å². The number of rotatable bonds is 26. The number of unbranched alkanes of at least 4 members (excludes halogenated alkanes) is 14. The number of carbonyl (C=O) groups is 2. The van der Waals surface area contributed by atoms with Gasteiger partial charge in [-0.1, -0.05) is 95.4 Å². The molecule has 3 heteroatoms. The van der Waals surface area contributed by atoms with E-state index >= 15 is 0 Å². The monoisotopic (exact) mass is 490 g/mol. The smallest absolute Gasteiger partial charge is 0.302 e. The number of esters is 1. The fourth-order valence-electron chi connectivity index (χ4n) is 4.53. The highest BCUT2D eigenvalue weighted by Crippen LogP contribution is 2.19. The molecule has 0 N–H and O–H groups in total. The molecule has 0 radical (unpaired) electrons. The number of aldehydes is 1. The predicted octanol–water partition coefficient (Wildman–Crippen LogP) is 10.2. The molecule has 0 aliphatic heterocycles. The summed E-state index contributed by atoms with van der Waals surface area (Å²) in [7, 11) is 0. The normalized spacial score (nSPS) is 12.8. The van der Waals surface area contributed by atoms with Crippen molar-refractivity contribution in [1.29, 1.82) is 0 Å². The molecule has 0 fully saturated rings. The van der Waals surface area contributed by atoms with Gasteiger partial charge in [-0.3, -0.25) is 4.79 Å². The van der Waals surface area contributed by atoms with E-state index < -0.39 is 0 Å². The third-order valence-electron chi connectivity index (χ3n) is 6.71. The Morgan fingerprint density at radius 2 is 1.29 bits per heavy atom. The lowest BCUT2D eigenvalue weighted by Crippen LogP contribution is -2.15. The maximum Gasteiger partial charge on any atom is 0.302 e. The Labute approximate surface area is 218 Å². The quantitative estimate of drug-likeness (QED) is 0.0524. The van der Waals surface area contributed by atoms with Crippen molar-refractivity contribution in [3.8, 4) is 0 Å². The third-order valence-corrected chi connectivity index (χ3v) is 6.71. The zero-order valence-electron chi connectivity index (χ0n) is 23.7. The molecule has 0 rings (SSSR count). The maximum absolute atomic E-state index is 11.4. The highest BCUT2D eigenvalue weighted by Gasteiger charge is 2.09. The first-order chi connectivity index (χ1) is 17.1. The topological polar surface area (TPSA) is 43.4 Å². The van der Waals surface area contributed by atoms with Crippen LogP contribution in [0, 0.1) is 0 Å². The van der Waals surface area contributed by atoms with Crippen molar-refractivity contribution in [2.24, 2.45) is 0 Å². The van der Waals surface area contributed by atoms with Crippen molar-refractivity contribution in [2.75, 3.05) is 0 Å². The Morgan fingerprint density at radius 1 is 0.686 bits per heavy atom. The zero-order valence-corrected chi connectivity index (χ0v) is 23.7. The van der Waals surface area contributed by atoms with Gasteiger partial charge >= 0.3 is 5.97 Å². The van der Waals surface area contributed by atoms with Crippen LogP contribution in [0.4, 0.5) is 0 Å². The van der Waals surface area contributed by atoms with Gasteiger partial charge in [0.25, 0.3) is 0 Å². The van der Waals surface area contributed by atoms with Gasteiger partial charge in [0.2, 0.25) is 0 Å². The fraction of sp³-hybridized carbons (Fsp3) is 0.812. The first-order valence-corrected chi connectivity index (χ1v) is 15.1. The van der Waals surface area contributed by atoms with Gasteiger partial charge in [0.1, 0.15) is 12.4 Å². The van der Waals surface area contributed by atoms with E-state index in [1.54, 1.807) is 5.57 Å². The Bertz CT molecular complexity index is 535. The standard InChI is InChI=1S/C32H58O3/c1-4-6-8-21-27-32(35-30(3)34)28-22-17-13-9-11-15-19-25-31(24-7-5-2)26-20-16-12-10-14-18-23-29-33/h17,22,26,29,32H,4-16,18-21,23-25,27-28H2,1-3H3/b22-17+,31-26-. The average molecular weight is 491 g/mol. The SMILES string of the molecule is CCCCCCC(C/C=C/CCCCCC/C(=C\CCCCCCCC=O)CCCC)OC(C)=O. The number of carbonyl (C=O) groups excluding carboxylic acids is 2. The molecule has 35 heavy (non-hydrogen) atoms. The van der Waals surface area contributed by atoms with E-state index in [-0.39, 0.29) is 12.1 Å². The van der Waals surface area contributed by atoms with Crippen LogP contribution in [-0.2, 0) is 14.3 Å². The number of hydrogen-bond acceptors (Lipinski definition) is 3. The van der Waals surface area contributed by atoms with Gasteiger partial charge in [-0.25, -0.2) is 0 Å². The van der Waals surface area contributed by atoms with Crippen molar-refractivity contribution in [1.82, 2.24) is 0 Å². The molecule has 0 amide bonds. The summed E-state index contributed by atoms with van der Waals surface area (Å²) in [4.78, 5) is 21.7. The molecule has 0 aromatic heterocycles. The lowest BCUT2D eigenvalue weighted by molar-refractivity contribution is -0.146. The summed E-state index contributed by atoms with van der Waals surface area (Å²) < 4.78 is 5.49. The lowest BCUT2D eigenvalue weighted by atomic mass is 9.99. The first kappa shape index (κ1) is 33.6. The minimum Gasteiger partial charge on any atom is -0.462 e. The summed E-state index contributed by atoms with van der Waals surface area (Å²) in [5.74, 6) is -0.155. The minimum absolute atomic E-state index is 0.0522. The molecular formula is C32H58O3. The molecule has 0 aromatic carbocycles. The fourth-order valence-corrected chi connectivity index (χ4v) is 4.53. The largest absolute Gasteiger partial charge is 0.462 e. The molecule has 0 aliphatic rings. The lowest BCUT2D eigenvalue weighted by Gasteiger charge is -2.15. The average Bonchev–Trinajstić information content (AvgIpc) is 2.84. The van der Waals surface area contributed by atoms with Gasteiger partial charge in [0.05, 0.1) is 0 Å². The minimum atomic E-state index is -0.155. The van der Waals surface area contributed by atoms with Crippen LogP contribution in [-0.4, -0.2) is 18.4 Å². The molecule has 0 aromatic rings. The second-order valence-electron chi connectivity index (χ2n) is 10.2. The number of ether oxygens (including phenoxy) is 1. The van der Waals surface area contributed by atoms with Gasteiger partial charge in [0, 0.05) is 19.8 Å². The van der Waals surface area contributed by atoms with Gasteiger partial charge in [-0.2, -0.15) is 0 Å². The van der Waals surface area contributed by atoms with Crippen LogP contribution in [0.3, 0.4) is 0 Å². The Morgan fingerprint density at radius 3 is 1.97 bits per heavy atom. The second-order valence-corrected chi connectivity index (χ2v) is 10.2. The van der Waals surface area contributed by atoms with E-state index in [9.17, 15) is 9.59 Å². The zero-order chi connectivity index (χ0) is 25.8. The molecule has 0 saturated carbocycles. The van der Waals surface area contributed by atoms with Crippen LogP contribution in [0.25, 0.3) is 0 Å². The molecule has 0 saturated heterocycles. The molecule has 0 bridgehead atoms. The van der Waals surface area contributed by atoms with Crippen LogP contribution in [0.15, 0.2) is 23.8 Å². The summed E-state index contributed by atoms with van der Waals surface area (Å²) in [5, 5.41) is 0. The Kier molecular flexibility index (Phi) is 26.1. The second kappa shape index (κ2) is 27.2. The molecule has 3 nitrogen and oxygen atoms in total. The predicted molar refractivity (Wildman–Crippen MR) is 152 cm³/mol. The molecular weight excluding hydrogens is 432 g/mol. The Hall–Kier alpha value is -1.38. The molecule has 0 spiro atoms. The van der Waals surface area contributed by atoms with E-state index in [0.717, 1.165) is 44.8 Å². The first-order valence-electron chi connectivity index (χ1n) is 15.1. The molecule has 1 unspecified atom stereocenters. The summed E-state index contributed by atoms with van der Waals surface area (Å²) in [6.45, 7) is 6.02. The highest BCUT2D eigenvalue weighted by molar-refractivity contribution is 5.66.